The fourth-order valence-electron chi connectivity index (χ4n) is 2.99. The van der Waals surface area contributed by atoms with Crippen LogP contribution in [-0.2, 0) is 13.1 Å². The third-order valence-electron chi connectivity index (χ3n) is 4.59. The van der Waals surface area contributed by atoms with Gasteiger partial charge in [0, 0.05) is 31.0 Å². The van der Waals surface area contributed by atoms with Gasteiger partial charge in [-0.2, -0.15) is 0 Å². The fraction of sp³-hybridized carbons (Fsp3) is 0.0833. The van der Waals surface area contributed by atoms with Crippen LogP contribution in [0.5, 0.6) is 0 Å². The molecule has 0 saturated carbocycles. The van der Waals surface area contributed by atoms with Crippen molar-refractivity contribution in [3.63, 3.8) is 0 Å². The maximum Gasteiger partial charge on any atom is 0.251 e. The molecule has 0 fully saturated rings. The van der Waals surface area contributed by atoms with Gasteiger partial charge in [-0.15, -0.1) is 0 Å². The molecule has 0 aliphatic rings. The van der Waals surface area contributed by atoms with Crippen molar-refractivity contribution >= 4 is 23.4 Å². The first-order valence-electron chi connectivity index (χ1n) is 10.0. The number of hydrogen-bond donors (Lipinski definition) is 3. The Balaban J connectivity index is 1.53. The molecule has 3 N–H and O–H groups in total. The first-order valence-corrected chi connectivity index (χ1v) is 10.0. The molecule has 160 valence electrons. The number of carbonyl (C=O) groups is 1. The van der Waals surface area contributed by atoms with Gasteiger partial charge < -0.3 is 16.0 Å². The van der Waals surface area contributed by atoms with Gasteiger partial charge in [0.1, 0.15) is 23.3 Å². The molecule has 0 saturated heterocycles. The van der Waals surface area contributed by atoms with Crippen LogP contribution in [-0.4, -0.2) is 20.9 Å². The molecule has 7 nitrogen and oxygen atoms in total. The fourth-order valence-corrected chi connectivity index (χ4v) is 2.99. The molecule has 4 aromatic rings. The molecule has 2 heterocycles. The van der Waals surface area contributed by atoms with Crippen LogP contribution >= 0.6 is 0 Å². The lowest BCUT2D eigenvalue weighted by Crippen LogP contribution is -2.23. The molecule has 2 aromatic carbocycles. The number of nitrogens with one attached hydrogen (secondary N) is 3. The number of carbonyl (C=O) groups excluding carboxylic acids is 1. The minimum absolute atomic E-state index is 0.233. The second kappa shape index (κ2) is 10.1. The Bertz CT molecular complexity index is 1170. The van der Waals surface area contributed by atoms with Crippen LogP contribution in [0, 0.1) is 5.82 Å². The number of rotatable bonds is 8. The molecule has 4 rings (SSSR count). The monoisotopic (exact) mass is 428 g/mol. The molecule has 0 atom stereocenters. The quantitative estimate of drug-likeness (QED) is 0.388. The molecule has 0 radical (unpaired) electrons. The summed E-state index contributed by atoms with van der Waals surface area (Å²) in [5.41, 5.74) is 2.32. The third-order valence-corrected chi connectivity index (χ3v) is 4.59. The van der Waals surface area contributed by atoms with Crippen molar-refractivity contribution in [1.29, 1.82) is 0 Å². The number of benzene rings is 2. The lowest BCUT2D eigenvalue weighted by molar-refractivity contribution is 0.0951. The van der Waals surface area contributed by atoms with Crippen LogP contribution in [0.1, 0.15) is 21.5 Å². The van der Waals surface area contributed by atoms with Crippen molar-refractivity contribution in [2.45, 2.75) is 13.1 Å². The predicted molar refractivity (Wildman–Crippen MR) is 121 cm³/mol. The topological polar surface area (TPSA) is 91.8 Å². The van der Waals surface area contributed by atoms with Crippen molar-refractivity contribution in [3.8, 4) is 0 Å². The van der Waals surface area contributed by atoms with Gasteiger partial charge in [-0.3, -0.25) is 9.78 Å². The average molecular weight is 428 g/mol. The Labute approximate surface area is 184 Å². The summed E-state index contributed by atoms with van der Waals surface area (Å²) in [6.45, 7) is 0.834. The van der Waals surface area contributed by atoms with E-state index in [4.69, 9.17) is 0 Å². The van der Waals surface area contributed by atoms with Gasteiger partial charge >= 0.3 is 0 Å². The van der Waals surface area contributed by atoms with Gasteiger partial charge in [-0.05, 0) is 35.4 Å². The van der Waals surface area contributed by atoms with E-state index >= 15 is 0 Å². The van der Waals surface area contributed by atoms with Gasteiger partial charge in [-0.1, -0.05) is 42.5 Å². The van der Waals surface area contributed by atoms with Crippen LogP contribution in [0.4, 0.5) is 21.8 Å². The zero-order valence-corrected chi connectivity index (χ0v) is 17.1. The second-order valence-electron chi connectivity index (χ2n) is 6.99. The van der Waals surface area contributed by atoms with Gasteiger partial charge in [0.2, 0.25) is 0 Å². The number of aromatic nitrogens is 3. The van der Waals surface area contributed by atoms with E-state index in [1.165, 1.54) is 12.1 Å². The molecule has 2 aromatic heterocycles. The number of amides is 1. The summed E-state index contributed by atoms with van der Waals surface area (Å²) in [4.78, 5) is 25.6. The summed E-state index contributed by atoms with van der Waals surface area (Å²) in [6.07, 6.45) is 4.70. The van der Waals surface area contributed by atoms with E-state index in [1.54, 1.807) is 42.9 Å². The highest BCUT2D eigenvalue weighted by molar-refractivity contribution is 5.95. The predicted octanol–water partition coefficient (Wildman–Crippen LogP) is 4.30. The zero-order chi connectivity index (χ0) is 22.2. The minimum Gasteiger partial charge on any atom is -0.366 e. The second-order valence-corrected chi connectivity index (χ2v) is 6.99. The van der Waals surface area contributed by atoms with Crippen molar-refractivity contribution in [2.75, 3.05) is 10.6 Å². The van der Waals surface area contributed by atoms with Gasteiger partial charge in [-0.25, -0.2) is 14.4 Å². The summed E-state index contributed by atoms with van der Waals surface area (Å²) in [5.74, 6) is 0.918. The molecule has 0 spiro atoms. The standard InChI is InChI=1S/C24H21FN6O/c25-20-8-6-18(7-9-20)14-28-21-12-19(24(32)29-15-17-4-2-1-3-5-17)13-22(30-21)31-23-16-26-10-11-27-23/h1-13,16H,14-15H2,(H,29,32)(H2,27,28,30,31). The van der Waals surface area contributed by atoms with E-state index in [9.17, 15) is 9.18 Å². The highest BCUT2D eigenvalue weighted by atomic mass is 19.1. The van der Waals surface area contributed by atoms with Crippen LogP contribution < -0.4 is 16.0 Å². The first kappa shape index (κ1) is 20.9. The molecular formula is C24H21FN6O. The lowest BCUT2D eigenvalue weighted by atomic mass is 10.2. The molecule has 0 aliphatic heterocycles. The summed E-state index contributed by atoms with van der Waals surface area (Å²) in [7, 11) is 0. The maximum absolute atomic E-state index is 13.2. The van der Waals surface area contributed by atoms with Crippen LogP contribution in [0.25, 0.3) is 0 Å². The number of hydrogen-bond acceptors (Lipinski definition) is 6. The summed E-state index contributed by atoms with van der Waals surface area (Å²) >= 11 is 0. The van der Waals surface area contributed by atoms with Crippen molar-refractivity contribution in [3.05, 3.63) is 108 Å². The number of nitrogens with zero attached hydrogens (tertiary/aromatic N) is 3. The summed E-state index contributed by atoms with van der Waals surface area (Å²) in [5, 5.41) is 9.17. The smallest absolute Gasteiger partial charge is 0.251 e. The number of anilines is 3. The van der Waals surface area contributed by atoms with Gasteiger partial charge in [0.15, 0.2) is 0 Å². The molecule has 1 amide bonds. The Kier molecular flexibility index (Phi) is 6.62. The third kappa shape index (κ3) is 5.85. The van der Waals surface area contributed by atoms with E-state index in [0.717, 1.165) is 11.1 Å². The van der Waals surface area contributed by atoms with Crippen LogP contribution in [0.3, 0.4) is 0 Å². The summed E-state index contributed by atoms with van der Waals surface area (Å²) in [6, 6.07) is 19.2. The molecule has 32 heavy (non-hydrogen) atoms. The van der Waals surface area contributed by atoms with Crippen molar-refractivity contribution in [1.82, 2.24) is 20.3 Å². The Morgan fingerprint density at radius 3 is 2.34 bits per heavy atom. The highest BCUT2D eigenvalue weighted by Crippen LogP contribution is 2.18. The van der Waals surface area contributed by atoms with Gasteiger partial charge in [0.05, 0.1) is 6.20 Å². The maximum atomic E-state index is 13.2. The van der Waals surface area contributed by atoms with E-state index < -0.39 is 0 Å². The molecule has 0 unspecified atom stereocenters. The van der Waals surface area contributed by atoms with Crippen LogP contribution in [0.2, 0.25) is 0 Å². The van der Waals surface area contributed by atoms with Crippen molar-refractivity contribution in [2.24, 2.45) is 0 Å². The van der Waals surface area contributed by atoms with E-state index in [1.807, 2.05) is 30.3 Å². The normalized spacial score (nSPS) is 10.4. The van der Waals surface area contributed by atoms with Gasteiger partial charge in [0.25, 0.3) is 5.91 Å². The molecule has 0 bridgehead atoms. The molecule has 8 heteroatoms. The summed E-state index contributed by atoms with van der Waals surface area (Å²) < 4.78 is 13.2. The average Bonchev–Trinajstić information content (AvgIpc) is 2.83. The zero-order valence-electron chi connectivity index (χ0n) is 17.1. The van der Waals surface area contributed by atoms with E-state index in [-0.39, 0.29) is 11.7 Å². The Hall–Kier alpha value is -4.33. The van der Waals surface area contributed by atoms with E-state index in [0.29, 0.717) is 36.1 Å². The Morgan fingerprint density at radius 2 is 1.59 bits per heavy atom. The first-order chi connectivity index (χ1) is 15.7. The Morgan fingerprint density at radius 1 is 0.844 bits per heavy atom. The van der Waals surface area contributed by atoms with Crippen molar-refractivity contribution < 1.29 is 9.18 Å². The van der Waals surface area contributed by atoms with E-state index in [2.05, 4.69) is 30.9 Å². The number of halogens is 1. The lowest BCUT2D eigenvalue weighted by Gasteiger charge is -2.12. The molecule has 0 aliphatic carbocycles. The SMILES string of the molecule is O=C(NCc1ccccc1)c1cc(NCc2ccc(F)cc2)nc(Nc2cnccn2)c1. The molecular weight excluding hydrogens is 407 g/mol. The van der Waals surface area contributed by atoms with Crippen LogP contribution in [0.15, 0.2) is 85.3 Å². The largest absolute Gasteiger partial charge is 0.366 e. The highest BCUT2D eigenvalue weighted by Gasteiger charge is 2.11. The number of pyridine rings is 1. The minimum atomic E-state index is -0.292.